The molecule has 3 N–H and O–H groups in total. The smallest absolute Gasteiger partial charge is 0.193 e. The Bertz CT molecular complexity index is 922. The molecule has 29 heavy (non-hydrogen) atoms. The number of aryl methyl sites for hydroxylation is 1. The summed E-state index contributed by atoms with van der Waals surface area (Å²) in [4.78, 5) is 6.67. The second-order valence-corrected chi connectivity index (χ2v) is 8.12. The Morgan fingerprint density at radius 2 is 2.10 bits per heavy atom. The maximum atomic E-state index is 13.2. The molecule has 0 saturated carbocycles. The van der Waals surface area contributed by atoms with Gasteiger partial charge in [-0.1, -0.05) is 13.8 Å². The first-order chi connectivity index (χ1) is 13.8. The van der Waals surface area contributed by atoms with E-state index in [1.54, 1.807) is 19.2 Å². The van der Waals surface area contributed by atoms with Crippen LogP contribution in [0.25, 0.3) is 5.69 Å². The first kappa shape index (κ1) is 20.6. The van der Waals surface area contributed by atoms with E-state index in [9.17, 15) is 9.65 Å². The molecule has 2 heterocycles. The molecule has 1 saturated heterocycles. The fraction of sp³-hybridized carbons (Fsp3) is 0.476. The minimum absolute atomic E-state index is 0.275. The Balaban J connectivity index is 1.61. The zero-order chi connectivity index (χ0) is 21.0. The molecule has 1 aliphatic rings. The van der Waals surface area contributed by atoms with Gasteiger partial charge in [0.25, 0.3) is 0 Å². The maximum absolute atomic E-state index is 13.2. The summed E-state index contributed by atoms with van der Waals surface area (Å²) in [5, 5.41) is 17.4. The van der Waals surface area contributed by atoms with E-state index in [1.807, 2.05) is 0 Å². The van der Waals surface area contributed by atoms with Gasteiger partial charge < -0.3 is 16.0 Å². The highest BCUT2D eigenvalue weighted by Gasteiger charge is 2.30. The van der Waals surface area contributed by atoms with Gasteiger partial charge in [0.2, 0.25) is 0 Å². The van der Waals surface area contributed by atoms with Gasteiger partial charge >= 0.3 is 0 Å². The lowest BCUT2D eigenvalue weighted by Crippen LogP contribution is -2.41. The van der Waals surface area contributed by atoms with Crippen molar-refractivity contribution < 1.29 is 4.39 Å². The Hall–Kier alpha value is -3.08. The summed E-state index contributed by atoms with van der Waals surface area (Å²) in [7, 11) is 1.80. The number of nitrogen functional groups attached to an aromatic ring is 1. The monoisotopic (exact) mass is 397 g/mol. The van der Waals surface area contributed by atoms with Crippen LogP contribution in [-0.4, -0.2) is 47.3 Å². The van der Waals surface area contributed by atoms with Gasteiger partial charge in [-0.2, -0.15) is 10.4 Å². The average Bonchev–Trinajstić information content (AvgIpc) is 3.21. The van der Waals surface area contributed by atoms with E-state index in [-0.39, 0.29) is 11.6 Å². The third-order valence-corrected chi connectivity index (χ3v) is 5.24. The summed E-state index contributed by atoms with van der Waals surface area (Å²) in [5.74, 6) is 0.852. The van der Waals surface area contributed by atoms with Crippen LogP contribution in [0.1, 0.15) is 37.9 Å². The second-order valence-electron chi connectivity index (χ2n) is 8.12. The molecular weight excluding hydrogens is 369 g/mol. The van der Waals surface area contributed by atoms with Gasteiger partial charge in [0.1, 0.15) is 23.3 Å². The van der Waals surface area contributed by atoms with Gasteiger partial charge in [-0.15, -0.1) is 0 Å². The number of hydrogen-bond acceptors (Lipinski definition) is 4. The van der Waals surface area contributed by atoms with Crippen molar-refractivity contribution in [2.45, 2.75) is 33.1 Å². The van der Waals surface area contributed by atoms with Crippen molar-refractivity contribution >= 4 is 11.8 Å². The number of guanidine groups is 1. The summed E-state index contributed by atoms with van der Waals surface area (Å²) in [6.07, 6.45) is 2.54. The summed E-state index contributed by atoms with van der Waals surface area (Å²) in [6, 6.07) is 8.01. The standard InChI is InChI=1S/C21H28FN7/c1-21(2)10-12-28(14-21)20(25-3)26-11-4-5-18-17(13-23)19(24)29(27-18)16-8-6-15(22)7-9-16/h6-9H,4-5,10-12,14,24H2,1-3H3,(H,25,26). The predicted molar refractivity (Wildman–Crippen MR) is 112 cm³/mol. The number of benzene rings is 1. The molecule has 0 spiro atoms. The number of halogens is 1. The van der Waals surface area contributed by atoms with E-state index in [0.717, 1.165) is 38.4 Å². The molecule has 154 valence electrons. The van der Waals surface area contributed by atoms with Crippen molar-refractivity contribution in [1.82, 2.24) is 20.0 Å². The SMILES string of the molecule is CN=C(NCCCc1nn(-c2ccc(F)cc2)c(N)c1C#N)N1CCC(C)(C)C1. The number of anilines is 1. The highest BCUT2D eigenvalue weighted by Crippen LogP contribution is 2.28. The normalized spacial score (nSPS) is 16.1. The van der Waals surface area contributed by atoms with Gasteiger partial charge in [0.05, 0.1) is 11.4 Å². The Labute approximate surface area is 171 Å². The van der Waals surface area contributed by atoms with Gasteiger partial charge in [0, 0.05) is 26.7 Å². The van der Waals surface area contributed by atoms with Crippen LogP contribution in [0.15, 0.2) is 29.3 Å². The molecule has 0 unspecified atom stereocenters. The van der Waals surface area contributed by atoms with E-state index in [1.165, 1.54) is 16.8 Å². The highest BCUT2D eigenvalue weighted by atomic mass is 19.1. The first-order valence-corrected chi connectivity index (χ1v) is 9.83. The predicted octanol–water partition coefficient (Wildman–Crippen LogP) is 2.71. The molecule has 0 atom stereocenters. The van der Waals surface area contributed by atoms with Crippen LogP contribution in [0.4, 0.5) is 10.2 Å². The van der Waals surface area contributed by atoms with E-state index in [0.29, 0.717) is 28.8 Å². The van der Waals surface area contributed by atoms with Crippen molar-refractivity contribution in [3.63, 3.8) is 0 Å². The molecular formula is C21H28FN7. The Morgan fingerprint density at radius 1 is 1.38 bits per heavy atom. The molecule has 2 aromatic rings. The second kappa shape index (κ2) is 8.52. The van der Waals surface area contributed by atoms with E-state index in [2.05, 4.69) is 40.2 Å². The van der Waals surface area contributed by atoms with E-state index >= 15 is 0 Å². The van der Waals surface area contributed by atoms with E-state index in [4.69, 9.17) is 5.73 Å². The molecule has 0 bridgehead atoms. The lowest BCUT2D eigenvalue weighted by Gasteiger charge is -2.23. The number of rotatable bonds is 5. The molecule has 3 rings (SSSR count). The summed E-state index contributed by atoms with van der Waals surface area (Å²) < 4.78 is 14.7. The van der Waals surface area contributed by atoms with Gasteiger partial charge in [-0.3, -0.25) is 4.99 Å². The topological polar surface area (TPSA) is 95.3 Å². The Morgan fingerprint density at radius 3 is 2.69 bits per heavy atom. The molecule has 1 aliphatic heterocycles. The fourth-order valence-electron chi connectivity index (χ4n) is 3.64. The van der Waals surface area contributed by atoms with Gasteiger partial charge in [-0.25, -0.2) is 9.07 Å². The third kappa shape index (κ3) is 4.67. The molecule has 1 fully saturated rings. The zero-order valence-electron chi connectivity index (χ0n) is 17.2. The Kier molecular flexibility index (Phi) is 6.06. The summed E-state index contributed by atoms with van der Waals surface area (Å²) in [6.45, 7) is 7.25. The molecule has 1 aromatic carbocycles. The van der Waals surface area contributed by atoms with Crippen LogP contribution in [0, 0.1) is 22.6 Å². The average molecular weight is 398 g/mol. The van der Waals surface area contributed by atoms with Crippen LogP contribution < -0.4 is 11.1 Å². The van der Waals surface area contributed by atoms with Gasteiger partial charge in [0.15, 0.2) is 5.96 Å². The van der Waals surface area contributed by atoms with Crippen molar-refractivity contribution in [3.05, 3.63) is 41.3 Å². The van der Waals surface area contributed by atoms with Crippen molar-refractivity contribution in [2.75, 3.05) is 32.4 Å². The van der Waals surface area contributed by atoms with E-state index < -0.39 is 0 Å². The van der Waals surface area contributed by atoms with Crippen molar-refractivity contribution in [3.8, 4) is 11.8 Å². The number of nitriles is 1. The lowest BCUT2D eigenvalue weighted by molar-refractivity contribution is 0.370. The minimum atomic E-state index is -0.332. The maximum Gasteiger partial charge on any atom is 0.193 e. The highest BCUT2D eigenvalue weighted by molar-refractivity contribution is 5.80. The van der Waals surface area contributed by atoms with Crippen molar-refractivity contribution in [1.29, 1.82) is 5.26 Å². The van der Waals surface area contributed by atoms with Gasteiger partial charge in [-0.05, 0) is 48.9 Å². The number of nitrogens with two attached hydrogens (primary N) is 1. The molecule has 7 nitrogen and oxygen atoms in total. The fourth-order valence-corrected chi connectivity index (χ4v) is 3.64. The zero-order valence-corrected chi connectivity index (χ0v) is 17.2. The third-order valence-electron chi connectivity index (χ3n) is 5.24. The number of hydrogen-bond donors (Lipinski definition) is 2. The summed E-state index contributed by atoms with van der Waals surface area (Å²) in [5.41, 5.74) is 8.07. The van der Waals surface area contributed by atoms with Crippen LogP contribution in [0.2, 0.25) is 0 Å². The molecule has 0 aliphatic carbocycles. The van der Waals surface area contributed by atoms with Crippen LogP contribution >= 0.6 is 0 Å². The molecule has 0 radical (unpaired) electrons. The quantitative estimate of drug-likeness (QED) is 0.459. The molecule has 0 amide bonds. The lowest BCUT2D eigenvalue weighted by atomic mass is 9.93. The largest absolute Gasteiger partial charge is 0.382 e. The van der Waals surface area contributed by atoms with Crippen LogP contribution in [-0.2, 0) is 6.42 Å². The summed E-state index contributed by atoms with van der Waals surface area (Å²) >= 11 is 0. The van der Waals surface area contributed by atoms with Crippen molar-refractivity contribution in [2.24, 2.45) is 10.4 Å². The first-order valence-electron chi connectivity index (χ1n) is 9.83. The number of aliphatic imine (C=N–C) groups is 1. The molecule has 1 aromatic heterocycles. The number of nitrogens with one attached hydrogen (secondary N) is 1. The van der Waals surface area contributed by atoms with Crippen LogP contribution in [0.5, 0.6) is 0 Å². The minimum Gasteiger partial charge on any atom is -0.382 e. The van der Waals surface area contributed by atoms with Crippen LogP contribution in [0.3, 0.4) is 0 Å². The number of nitrogens with zero attached hydrogens (tertiary/aromatic N) is 5. The number of likely N-dealkylation sites (tertiary alicyclic amines) is 1. The number of aromatic nitrogens is 2. The molecule has 8 heteroatoms.